The summed E-state index contributed by atoms with van der Waals surface area (Å²) in [5.74, 6) is 0.389. The summed E-state index contributed by atoms with van der Waals surface area (Å²) in [6.45, 7) is 2.06. The third-order valence-electron chi connectivity index (χ3n) is 3.18. The lowest BCUT2D eigenvalue weighted by atomic mass is 9.80. The predicted molar refractivity (Wildman–Crippen MR) is 60.4 cm³/mol. The van der Waals surface area contributed by atoms with Crippen molar-refractivity contribution in [1.82, 2.24) is 0 Å². The molecule has 1 fully saturated rings. The summed E-state index contributed by atoms with van der Waals surface area (Å²) in [5.41, 5.74) is 0.934. The minimum atomic E-state index is -0.222. The van der Waals surface area contributed by atoms with Gasteiger partial charge in [0, 0.05) is 10.9 Å². The van der Waals surface area contributed by atoms with Gasteiger partial charge in [-0.2, -0.15) is 0 Å². The number of carbonyl (C=O) groups excluding carboxylic acids is 1. The summed E-state index contributed by atoms with van der Waals surface area (Å²) in [7, 11) is 0. The largest absolute Gasteiger partial charge is 0.299 e. The van der Waals surface area contributed by atoms with Gasteiger partial charge in [0.15, 0.2) is 0 Å². The van der Waals surface area contributed by atoms with Gasteiger partial charge in [-0.15, -0.1) is 0 Å². The minimum absolute atomic E-state index is 0.222. The molecule has 0 spiro atoms. The summed E-state index contributed by atoms with van der Waals surface area (Å²) in [4.78, 5) is 11.8. The van der Waals surface area contributed by atoms with Crippen LogP contribution in [0.25, 0.3) is 0 Å². The Kier molecular flexibility index (Phi) is 2.48. The van der Waals surface area contributed by atoms with E-state index in [1.54, 1.807) is 0 Å². The van der Waals surface area contributed by atoms with Crippen molar-refractivity contribution in [3.8, 4) is 0 Å². The summed E-state index contributed by atoms with van der Waals surface area (Å²) >= 11 is 3.40. The fourth-order valence-electron chi connectivity index (χ4n) is 2.14. The van der Waals surface area contributed by atoms with E-state index in [-0.39, 0.29) is 5.41 Å². The summed E-state index contributed by atoms with van der Waals surface area (Å²) in [6, 6.07) is 8.11. The molecule has 1 aromatic rings. The van der Waals surface area contributed by atoms with E-state index in [1.165, 1.54) is 0 Å². The first-order chi connectivity index (χ1) is 6.63. The first-order valence-corrected chi connectivity index (χ1v) is 5.71. The Bertz CT molecular complexity index is 355. The quantitative estimate of drug-likeness (QED) is 0.749. The van der Waals surface area contributed by atoms with Gasteiger partial charge in [0.2, 0.25) is 0 Å². The molecule has 1 aliphatic rings. The molecule has 74 valence electrons. The van der Waals surface area contributed by atoms with Gasteiger partial charge in [0.05, 0.1) is 5.41 Å². The predicted octanol–water partition coefficient (Wildman–Crippen LogP) is 3.46. The van der Waals surface area contributed by atoms with Crippen molar-refractivity contribution in [3.63, 3.8) is 0 Å². The molecule has 0 bridgehead atoms. The molecule has 0 aliphatic heterocycles. The highest BCUT2D eigenvalue weighted by Gasteiger charge is 2.38. The van der Waals surface area contributed by atoms with Crippen molar-refractivity contribution >= 4 is 21.7 Å². The van der Waals surface area contributed by atoms with Crippen LogP contribution in [-0.4, -0.2) is 5.78 Å². The molecule has 0 N–H and O–H groups in total. The molecule has 1 saturated carbocycles. The first-order valence-electron chi connectivity index (χ1n) is 4.92. The minimum Gasteiger partial charge on any atom is -0.299 e. The zero-order valence-corrected chi connectivity index (χ0v) is 9.80. The summed E-state index contributed by atoms with van der Waals surface area (Å²) < 4.78 is 1.07. The van der Waals surface area contributed by atoms with E-state index < -0.39 is 0 Å². The SMILES string of the molecule is C[C@@]1(c2ccc(Br)cc2)CCCC1=O. The third kappa shape index (κ3) is 1.52. The van der Waals surface area contributed by atoms with Crippen molar-refractivity contribution in [1.29, 1.82) is 0 Å². The van der Waals surface area contributed by atoms with Gasteiger partial charge in [0.25, 0.3) is 0 Å². The maximum absolute atomic E-state index is 11.8. The highest BCUT2D eigenvalue weighted by molar-refractivity contribution is 9.10. The van der Waals surface area contributed by atoms with Gasteiger partial charge >= 0.3 is 0 Å². The van der Waals surface area contributed by atoms with E-state index in [9.17, 15) is 4.79 Å². The molecule has 2 heteroatoms. The van der Waals surface area contributed by atoms with Crippen molar-refractivity contribution < 1.29 is 4.79 Å². The van der Waals surface area contributed by atoms with Crippen LogP contribution in [0.15, 0.2) is 28.7 Å². The maximum Gasteiger partial charge on any atom is 0.143 e. The normalized spacial score (nSPS) is 26.9. The van der Waals surface area contributed by atoms with Gasteiger partial charge in [-0.25, -0.2) is 0 Å². The van der Waals surface area contributed by atoms with Crippen molar-refractivity contribution in [2.75, 3.05) is 0 Å². The van der Waals surface area contributed by atoms with Crippen LogP contribution in [-0.2, 0) is 10.2 Å². The van der Waals surface area contributed by atoms with Gasteiger partial charge in [0.1, 0.15) is 5.78 Å². The number of benzene rings is 1. The number of Topliss-reactive ketones (excluding diaryl/α,β-unsaturated/α-hetero) is 1. The Morgan fingerprint density at radius 1 is 1.29 bits per heavy atom. The number of ketones is 1. The van der Waals surface area contributed by atoms with Gasteiger partial charge < -0.3 is 0 Å². The van der Waals surface area contributed by atoms with Crippen LogP contribution >= 0.6 is 15.9 Å². The topological polar surface area (TPSA) is 17.1 Å². The van der Waals surface area contributed by atoms with Gasteiger partial charge in [-0.3, -0.25) is 4.79 Å². The first kappa shape index (κ1) is 9.91. The molecule has 0 saturated heterocycles. The second kappa shape index (κ2) is 3.50. The second-order valence-electron chi connectivity index (χ2n) is 4.12. The number of hydrogen-bond donors (Lipinski definition) is 0. The Hall–Kier alpha value is -0.630. The highest BCUT2D eigenvalue weighted by Crippen LogP contribution is 2.37. The van der Waals surface area contributed by atoms with Crippen LogP contribution in [0.2, 0.25) is 0 Å². The van der Waals surface area contributed by atoms with E-state index in [0.29, 0.717) is 5.78 Å². The number of rotatable bonds is 1. The Morgan fingerprint density at radius 3 is 2.43 bits per heavy atom. The van der Waals surface area contributed by atoms with Crippen molar-refractivity contribution in [2.24, 2.45) is 0 Å². The smallest absolute Gasteiger partial charge is 0.143 e. The molecular weight excluding hydrogens is 240 g/mol. The van der Waals surface area contributed by atoms with E-state index in [1.807, 2.05) is 24.3 Å². The van der Waals surface area contributed by atoms with E-state index in [4.69, 9.17) is 0 Å². The molecule has 1 atom stereocenters. The Morgan fingerprint density at radius 2 is 1.93 bits per heavy atom. The van der Waals surface area contributed by atoms with Crippen LogP contribution in [0.3, 0.4) is 0 Å². The van der Waals surface area contributed by atoms with E-state index in [0.717, 1.165) is 29.3 Å². The zero-order chi connectivity index (χ0) is 10.2. The number of carbonyl (C=O) groups is 1. The molecule has 1 nitrogen and oxygen atoms in total. The molecule has 14 heavy (non-hydrogen) atoms. The summed E-state index contributed by atoms with van der Waals surface area (Å²) in [6.07, 6.45) is 2.77. The van der Waals surface area contributed by atoms with Crippen LogP contribution in [0, 0.1) is 0 Å². The van der Waals surface area contributed by atoms with Crippen molar-refractivity contribution in [2.45, 2.75) is 31.6 Å². The Balaban J connectivity index is 2.38. The lowest BCUT2D eigenvalue weighted by molar-refractivity contribution is -0.121. The average Bonchev–Trinajstić information content (AvgIpc) is 2.49. The molecular formula is C12H13BrO. The molecule has 2 rings (SSSR count). The molecule has 0 heterocycles. The standard InChI is InChI=1S/C12H13BrO/c1-12(8-2-3-11(12)14)9-4-6-10(13)7-5-9/h4-7H,2-3,8H2,1H3/t12-/m0/s1. The molecule has 1 aromatic carbocycles. The fraction of sp³-hybridized carbons (Fsp3) is 0.417. The highest BCUT2D eigenvalue weighted by atomic mass is 79.9. The van der Waals surface area contributed by atoms with Crippen LogP contribution in [0.5, 0.6) is 0 Å². The van der Waals surface area contributed by atoms with Crippen LogP contribution in [0.4, 0.5) is 0 Å². The molecule has 0 unspecified atom stereocenters. The lowest BCUT2D eigenvalue weighted by Crippen LogP contribution is -2.26. The molecule has 1 aliphatic carbocycles. The monoisotopic (exact) mass is 252 g/mol. The fourth-order valence-corrected chi connectivity index (χ4v) is 2.41. The maximum atomic E-state index is 11.8. The summed E-state index contributed by atoms with van der Waals surface area (Å²) in [5, 5.41) is 0. The van der Waals surface area contributed by atoms with E-state index >= 15 is 0 Å². The molecule has 0 radical (unpaired) electrons. The van der Waals surface area contributed by atoms with E-state index in [2.05, 4.69) is 22.9 Å². The average molecular weight is 253 g/mol. The van der Waals surface area contributed by atoms with Gasteiger partial charge in [-0.1, -0.05) is 28.1 Å². The molecule has 0 aromatic heterocycles. The lowest BCUT2D eigenvalue weighted by Gasteiger charge is -2.22. The third-order valence-corrected chi connectivity index (χ3v) is 3.71. The van der Waals surface area contributed by atoms with Crippen LogP contribution < -0.4 is 0 Å². The van der Waals surface area contributed by atoms with Gasteiger partial charge in [-0.05, 0) is 37.5 Å². The van der Waals surface area contributed by atoms with Crippen molar-refractivity contribution in [3.05, 3.63) is 34.3 Å². The number of hydrogen-bond acceptors (Lipinski definition) is 1. The number of halogens is 1. The van der Waals surface area contributed by atoms with Crippen LogP contribution in [0.1, 0.15) is 31.7 Å². The second-order valence-corrected chi connectivity index (χ2v) is 5.03. The Labute approximate surface area is 92.6 Å². The zero-order valence-electron chi connectivity index (χ0n) is 8.22. The molecule has 0 amide bonds.